The van der Waals surface area contributed by atoms with Crippen LogP contribution in [0.5, 0.6) is 5.75 Å². The molecule has 0 atom stereocenters. The number of benzene rings is 1. The fourth-order valence-electron chi connectivity index (χ4n) is 1.78. The molecular formula is C14H16ClN3O4. The van der Waals surface area contributed by atoms with Crippen LogP contribution in [0.25, 0.3) is 0 Å². The second kappa shape index (κ2) is 7.65. The predicted molar refractivity (Wildman–Crippen MR) is 80.4 cm³/mol. The molecule has 0 bridgehead atoms. The van der Waals surface area contributed by atoms with Crippen LogP contribution in [0.1, 0.15) is 29.5 Å². The number of carbonyl (C=O) groups excluding carboxylic acids is 1. The summed E-state index contributed by atoms with van der Waals surface area (Å²) in [5, 5.41) is 6.69. The number of ether oxygens (including phenoxy) is 1. The summed E-state index contributed by atoms with van der Waals surface area (Å²) in [7, 11) is 0. The molecule has 0 aliphatic rings. The summed E-state index contributed by atoms with van der Waals surface area (Å²) < 4.78 is 9.91. The van der Waals surface area contributed by atoms with Gasteiger partial charge in [-0.05, 0) is 24.6 Å². The molecule has 22 heavy (non-hydrogen) atoms. The minimum Gasteiger partial charge on any atom is -0.493 e. The molecule has 0 aliphatic heterocycles. The Morgan fingerprint density at radius 2 is 2.32 bits per heavy atom. The number of nitrogens with zero attached hydrogens (tertiary/aromatic N) is 1. The summed E-state index contributed by atoms with van der Waals surface area (Å²) in [4.78, 5) is 25.4. The molecular weight excluding hydrogens is 310 g/mol. The Labute approximate surface area is 131 Å². The van der Waals surface area contributed by atoms with Gasteiger partial charge in [0.2, 0.25) is 0 Å². The number of aromatic nitrogens is 2. The summed E-state index contributed by atoms with van der Waals surface area (Å²) in [6.07, 6.45) is 1.19. The molecule has 1 aromatic carbocycles. The van der Waals surface area contributed by atoms with Crippen molar-refractivity contribution >= 4 is 17.5 Å². The maximum absolute atomic E-state index is 12.2. The van der Waals surface area contributed by atoms with Crippen molar-refractivity contribution in [1.82, 2.24) is 15.5 Å². The Balaban J connectivity index is 1.98. The maximum atomic E-state index is 12.2. The highest BCUT2D eigenvalue weighted by Crippen LogP contribution is 2.23. The number of aromatic amines is 1. The van der Waals surface area contributed by atoms with E-state index in [2.05, 4.69) is 20.0 Å². The van der Waals surface area contributed by atoms with E-state index in [9.17, 15) is 9.59 Å². The van der Waals surface area contributed by atoms with Crippen molar-refractivity contribution in [2.24, 2.45) is 0 Å². The van der Waals surface area contributed by atoms with E-state index in [1.807, 2.05) is 6.92 Å². The molecule has 0 aliphatic carbocycles. The van der Waals surface area contributed by atoms with Crippen LogP contribution in [0.4, 0.5) is 0 Å². The van der Waals surface area contributed by atoms with Crippen molar-refractivity contribution in [2.45, 2.75) is 19.8 Å². The standard InChI is InChI=1S/C14H16ClN3O4/c1-2-7-21-11-4-3-9(15)8-10(11)13(19)16-6-5-12-17-14(20)22-18-12/h3-4,8H,2,5-7H2,1H3,(H,16,19)(H,17,18,20). The molecule has 1 heterocycles. The lowest BCUT2D eigenvalue weighted by Crippen LogP contribution is -2.26. The number of H-pyrrole nitrogens is 1. The van der Waals surface area contributed by atoms with Gasteiger partial charge < -0.3 is 10.1 Å². The molecule has 2 N–H and O–H groups in total. The second-order valence-corrected chi connectivity index (χ2v) is 4.97. The maximum Gasteiger partial charge on any atom is 0.438 e. The van der Waals surface area contributed by atoms with Gasteiger partial charge in [0.1, 0.15) is 5.75 Å². The van der Waals surface area contributed by atoms with Gasteiger partial charge in [0, 0.05) is 18.0 Å². The first-order chi connectivity index (χ1) is 10.6. The van der Waals surface area contributed by atoms with Crippen LogP contribution in [0.3, 0.4) is 0 Å². The Morgan fingerprint density at radius 1 is 1.50 bits per heavy atom. The summed E-state index contributed by atoms with van der Waals surface area (Å²) >= 11 is 5.93. The molecule has 0 saturated carbocycles. The zero-order chi connectivity index (χ0) is 15.9. The lowest BCUT2D eigenvalue weighted by atomic mass is 10.2. The number of hydrogen-bond donors (Lipinski definition) is 2. The van der Waals surface area contributed by atoms with Crippen molar-refractivity contribution in [1.29, 1.82) is 0 Å². The molecule has 8 heteroatoms. The molecule has 0 unspecified atom stereocenters. The Bertz CT molecular complexity index is 695. The zero-order valence-electron chi connectivity index (χ0n) is 12.0. The summed E-state index contributed by atoms with van der Waals surface area (Å²) in [6, 6.07) is 4.89. The van der Waals surface area contributed by atoms with E-state index in [0.717, 1.165) is 6.42 Å². The van der Waals surface area contributed by atoms with E-state index in [0.29, 0.717) is 41.7 Å². The van der Waals surface area contributed by atoms with Gasteiger partial charge in [0.15, 0.2) is 5.82 Å². The Hall–Kier alpha value is -2.28. The Morgan fingerprint density at radius 3 is 3.00 bits per heavy atom. The lowest BCUT2D eigenvalue weighted by Gasteiger charge is -2.11. The molecule has 0 spiro atoms. The number of nitrogens with one attached hydrogen (secondary N) is 2. The van der Waals surface area contributed by atoms with Crippen molar-refractivity contribution in [3.8, 4) is 5.75 Å². The summed E-state index contributed by atoms with van der Waals surface area (Å²) in [6.45, 7) is 2.79. The van der Waals surface area contributed by atoms with Crippen molar-refractivity contribution in [3.63, 3.8) is 0 Å². The number of rotatable bonds is 7. The molecule has 2 aromatic rings. The first-order valence-electron chi connectivity index (χ1n) is 6.85. The highest BCUT2D eigenvalue weighted by molar-refractivity contribution is 6.31. The third-order valence-electron chi connectivity index (χ3n) is 2.78. The van der Waals surface area contributed by atoms with Crippen LogP contribution >= 0.6 is 11.6 Å². The largest absolute Gasteiger partial charge is 0.493 e. The van der Waals surface area contributed by atoms with Crippen LogP contribution in [0.2, 0.25) is 5.02 Å². The lowest BCUT2D eigenvalue weighted by molar-refractivity contribution is 0.0950. The fraction of sp³-hybridized carbons (Fsp3) is 0.357. The molecule has 1 amide bonds. The monoisotopic (exact) mass is 325 g/mol. The normalized spacial score (nSPS) is 10.5. The number of halogens is 1. The van der Waals surface area contributed by atoms with Crippen LogP contribution in [0, 0.1) is 0 Å². The van der Waals surface area contributed by atoms with Crippen LogP contribution < -0.4 is 15.8 Å². The molecule has 118 valence electrons. The van der Waals surface area contributed by atoms with Crippen molar-refractivity contribution in [2.75, 3.05) is 13.2 Å². The van der Waals surface area contributed by atoms with Gasteiger partial charge in [-0.25, -0.2) is 4.79 Å². The van der Waals surface area contributed by atoms with Gasteiger partial charge in [0.25, 0.3) is 5.91 Å². The molecule has 7 nitrogen and oxygen atoms in total. The SMILES string of the molecule is CCCOc1ccc(Cl)cc1C(=O)NCCc1noc(=O)[nH]1. The molecule has 2 rings (SSSR count). The van der Waals surface area contributed by atoms with Crippen LogP contribution in [0.15, 0.2) is 27.5 Å². The third-order valence-corrected chi connectivity index (χ3v) is 3.02. The second-order valence-electron chi connectivity index (χ2n) is 4.54. The number of amides is 1. The van der Waals surface area contributed by atoms with E-state index in [-0.39, 0.29) is 5.91 Å². The molecule has 0 fully saturated rings. The van der Waals surface area contributed by atoms with Gasteiger partial charge in [-0.2, -0.15) is 0 Å². The Kier molecular flexibility index (Phi) is 5.60. The quantitative estimate of drug-likeness (QED) is 0.808. The van der Waals surface area contributed by atoms with Crippen molar-refractivity contribution in [3.05, 3.63) is 45.2 Å². The molecule has 0 saturated heterocycles. The van der Waals surface area contributed by atoms with E-state index >= 15 is 0 Å². The van der Waals surface area contributed by atoms with Gasteiger partial charge in [-0.1, -0.05) is 23.7 Å². The van der Waals surface area contributed by atoms with Gasteiger partial charge in [-0.15, -0.1) is 0 Å². The van der Waals surface area contributed by atoms with Gasteiger partial charge in [-0.3, -0.25) is 14.3 Å². The summed E-state index contributed by atoms with van der Waals surface area (Å²) in [5.41, 5.74) is 0.370. The predicted octanol–water partition coefficient (Wildman–Crippen LogP) is 1.78. The van der Waals surface area contributed by atoms with E-state index in [4.69, 9.17) is 16.3 Å². The van der Waals surface area contributed by atoms with E-state index in [1.54, 1.807) is 18.2 Å². The minimum atomic E-state index is -0.619. The average molecular weight is 326 g/mol. The first kappa shape index (κ1) is 16.1. The minimum absolute atomic E-state index is 0.293. The highest BCUT2D eigenvalue weighted by atomic mass is 35.5. The van der Waals surface area contributed by atoms with Crippen LogP contribution in [-0.2, 0) is 6.42 Å². The first-order valence-corrected chi connectivity index (χ1v) is 7.23. The van der Waals surface area contributed by atoms with Gasteiger partial charge >= 0.3 is 5.76 Å². The third kappa shape index (κ3) is 4.36. The molecule has 1 aromatic heterocycles. The average Bonchev–Trinajstić information content (AvgIpc) is 2.91. The van der Waals surface area contributed by atoms with Crippen LogP contribution in [-0.4, -0.2) is 29.2 Å². The highest BCUT2D eigenvalue weighted by Gasteiger charge is 2.13. The van der Waals surface area contributed by atoms with E-state index < -0.39 is 5.76 Å². The number of carbonyl (C=O) groups is 1. The topological polar surface area (TPSA) is 97.2 Å². The van der Waals surface area contributed by atoms with Crippen molar-refractivity contribution < 1.29 is 14.1 Å². The number of hydrogen-bond acceptors (Lipinski definition) is 5. The van der Waals surface area contributed by atoms with Gasteiger partial charge in [0.05, 0.1) is 12.2 Å². The summed E-state index contributed by atoms with van der Waals surface area (Å²) in [5.74, 6) is -0.0664. The smallest absolute Gasteiger partial charge is 0.438 e. The molecule has 0 radical (unpaired) electrons. The van der Waals surface area contributed by atoms with E-state index in [1.165, 1.54) is 0 Å². The fourth-order valence-corrected chi connectivity index (χ4v) is 1.95. The zero-order valence-corrected chi connectivity index (χ0v) is 12.8.